The summed E-state index contributed by atoms with van der Waals surface area (Å²) in [6.45, 7) is 0. The molecule has 0 saturated heterocycles. The quantitative estimate of drug-likeness (QED) is 0.535. The Hall–Kier alpha value is -2.88. The van der Waals surface area contributed by atoms with Crippen LogP contribution in [0.2, 0.25) is 0 Å². The predicted octanol–water partition coefficient (Wildman–Crippen LogP) is 3.13. The van der Waals surface area contributed by atoms with E-state index in [1.54, 1.807) is 6.20 Å². The third-order valence-electron chi connectivity index (χ3n) is 3.41. The molecule has 0 atom stereocenters. The molecule has 0 aliphatic carbocycles. The van der Waals surface area contributed by atoms with Gasteiger partial charge < -0.3 is 5.73 Å². The molecule has 0 bridgehead atoms. The monoisotopic (exact) mass is 260 g/mol. The van der Waals surface area contributed by atoms with Gasteiger partial charge in [-0.1, -0.05) is 24.3 Å². The molecule has 0 unspecified atom stereocenters. The van der Waals surface area contributed by atoms with Gasteiger partial charge in [-0.25, -0.2) is 9.97 Å². The third-order valence-corrected chi connectivity index (χ3v) is 3.41. The topological polar surface area (TPSA) is 56.2 Å². The van der Waals surface area contributed by atoms with Gasteiger partial charge in [0.2, 0.25) is 0 Å². The molecule has 96 valence electrons. The summed E-state index contributed by atoms with van der Waals surface area (Å²) in [4.78, 5) is 9.19. The lowest BCUT2D eigenvalue weighted by Crippen LogP contribution is -1.95. The number of hydrogen-bond donors (Lipinski definition) is 1. The van der Waals surface area contributed by atoms with Gasteiger partial charge in [-0.3, -0.25) is 4.40 Å². The molecule has 0 fully saturated rings. The summed E-state index contributed by atoms with van der Waals surface area (Å²) < 4.78 is 2.06. The molecular weight excluding hydrogens is 248 g/mol. The van der Waals surface area contributed by atoms with Crippen LogP contribution in [0, 0.1) is 0 Å². The first-order valence-corrected chi connectivity index (χ1v) is 6.41. The van der Waals surface area contributed by atoms with Crippen molar-refractivity contribution in [2.75, 3.05) is 5.73 Å². The summed E-state index contributed by atoms with van der Waals surface area (Å²) in [6, 6.07) is 15.8. The number of nitrogens with two attached hydrogens (primary N) is 1. The number of anilines is 1. The Kier molecular flexibility index (Phi) is 2.23. The van der Waals surface area contributed by atoms with Crippen molar-refractivity contribution in [3.63, 3.8) is 0 Å². The third kappa shape index (κ3) is 1.55. The average molecular weight is 260 g/mol. The molecular formula is C16H12N4. The van der Waals surface area contributed by atoms with Crippen LogP contribution < -0.4 is 5.73 Å². The molecule has 2 aromatic carbocycles. The highest BCUT2D eigenvalue weighted by Crippen LogP contribution is 2.26. The fourth-order valence-corrected chi connectivity index (χ4v) is 2.44. The second-order valence-corrected chi connectivity index (χ2v) is 4.69. The minimum Gasteiger partial charge on any atom is -0.399 e. The van der Waals surface area contributed by atoms with Crippen molar-refractivity contribution in [3.8, 4) is 11.3 Å². The molecule has 2 N–H and O–H groups in total. The second kappa shape index (κ2) is 4.06. The van der Waals surface area contributed by atoms with Gasteiger partial charge in [-0.05, 0) is 24.3 Å². The van der Waals surface area contributed by atoms with Crippen LogP contribution in [0.4, 0.5) is 5.69 Å². The standard InChI is InChI=1S/C16H12N4/c17-12-7-5-11(6-8-12)15-16-18-9-10-20(16)14-4-2-1-3-13(14)19-15/h1-10H,17H2. The van der Waals surface area contributed by atoms with Crippen LogP contribution in [0.5, 0.6) is 0 Å². The number of rotatable bonds is 1. The zero-order valence-electron chi connectivity index (χ0n) is 10.7. The second-order valence-electron chi connectivity index (χ2n) is 4.69. The summed E-state index contributed by atoms with van der Waals surface area (Å²) in [6.07, 6.45) is 3.75. The van der Waals surface area contributed by atoms with E-state index in [0.29, 0.717) is 0 Å². The van der Waals surface area contributed by atoms with E-state index in [1.807, 2.05) is 54.7 Å². The Bertz CT molecular complexity index is 907. The number of fused-ring (bicyclic) bond motifs is 3. The minimum absolute atomic E-state index is 0.744. The van der Waals surface area contributed by atoms with Gasteiger partial charge in [0.25, 0.3) is 0 Å². The molecule has 0 amide bonds. The molecule has 4 aromatic rings. The van der Waals surface area contributed by atoms with Gasteiger partial charge in [-0.15, -0.1) is 0 Å². The van der Waals surface area contributed by atoms with Crippen molar-refractivity contribution in [1.82, 2.24) is 14.4 Å². The van der Waals surface area contributed by atoms with Crippen LogP contribution in [0.15, 0.2) is 60.9 Å². The average Bonchev–Trinajstić information content (AvgIpc) is 2.97. The van der Waals surface area contributed by atoms with Crippen LogP contribution in [0.3, 0.4) is 0 Å². The highest BCUT2D eigenvalue weighted by atomic mass is 15.0. The molecule has 0 saturated carbocycles. The Labute approximate surface area is 115 Å². The molecule has 2 aromatic heterocycles. The molecule has 4 nitrogen and oxygen atoms in total. The number of benzene rings is 2. The van der Waals surface area contributed by atoms with Crippen LogP contribution in [0.25, 0.3) is 27.9 Å². The van der Waals surface area contributed by atoms with E-state index in [9.17, 15) is 0 Å². The maximum absolute atomic E-state index is 5.75. The summed E-state index contributed by atoms with van der Waals surface area (Å²) in [5, 5.41) is 0. The highest BCUT2D eigenvalue weighted by Gasteiger charge is 2.10. The summed E-state index contributed by atoms with van der Waals surface area (Å²) >= 11 is 0. The first-order valence-electron chi connectivity index (χ1n) is 6.41. The van der Waals surface area contributed by atoms with Gasteiger partial charge >= 0.3 is 0 Å². The Morgan fingerprint density at radius 2 is 1.75 bits per heavy atom. The lowest BCUT2D eigenvalue weighted by molar-refractivity contribution is 1.21. The number of nitrogens with zero attached hydrogens (tertiary/aromatic N) is 3. The fraction of sp³-hybridized carbons (Fsp3) is 0. The first kappa shape index (κ1) is 11.0. The highest BCUT2D eigenvalue weighted by molar-refractivity contribution is 5.85. The van der Waals surface area contributed by atoms with E-state index < -0.39 is 0 Å². The zero-order chi connectivity index (χ0) is 13.5. The van der Waals surface area contributed by atoms with Gasteiger partial charge in [0.05, 0.1) is 11.0 Å². The van der Waals surface area contributed by atoms with E-state index >= 15 is 0 Å². The van der Waals surface area contributed by atoms with E-state index in [0.717, 1.165) is 33.6 Å². The van der Waals surface area contributed by atoms with Crippen molar-refractivity contribution in [3.05, 3.63) is 60.9 Å². The van der Waals surface area contributed by atoms with Crippen LogP contribution in [-0.2, 0) is 0 Å². The number of aromatic nitrogens is 3. The van der Waals surface area contributed by atoms with Crippen molar-refractivity contribution in [1.29, 1.82) is 0 Å². The molecule has 0 spiro atoms. The normalized spacial score (nSPS) is 11.2. The van der Waals surface area contributed by atoms with Crippen molar-refractivity contribution >= 4 is 22.4 Å². The SMILES string of the molecule is Nc1ccc(-c2nc3ccccc3n3ccnc23)cc1. The van der Waals surface area contributed by atoms with Crippen LogP contribution in [-0.4, -0.2) is 14.4 Å². The number of hydrogen-bond acceptors (Lipinski definition) is 3. The van der Waals surface area contributed by atoms with Gasteiger partial charge in [0.1, 0.15) is 5.69 Å². The lowest BCUT2D eigenvalue weighted by Gasteiger charge is -2.07. The van der Waals surface area contributed by atoms with E-state index in [4.69, 9.17) is 10.7 Å². The Morgan fingerprint density at radius 1 is 0.950 bits per heavy atom. The number of imidazole rings is 1. The molecule has 4 rings (SSSR count). The molecule has 0 radical (unpaired) electrons. The van der Waals surface area contributed by atoms with Gasteiger partial charge in [0, 0.05) is 23.6 Å². The molecule has 0 aliphatic heterocycles. The van der Waals surface area contributed by atoms with Crippen LogP contribution >= 0.6 is 0 Å². The molecule has 2 heterocycles. The Morgan fingerprint density at radius 3 is 2.60 bits per heavy atom. The van der Waals surface area contributed by atoms with E-state index in [1.165, 1.54) is 0 Å². The predicted molar refractivity (Wildman–Crippen MR) is 80.3 cm³/mol. The number of nitrogen functional groups attached to an aromatic ring is 1. The summed E-state index contributed by atoms with van der Waals surface area (Å²) in [5.74, 6) is 0. The van der Waals surface area contributed by atoms with Crippen LogP contribution in [0.1, 0.15) is 0 Å². The smallest absolute Gasteiger partial charge is 0.163 e. The summed E-state index contributed by atoms with van der Waals surface area (Å²) in [7, 11) is 0. The van der Waals surface area contributed by atoms with E-state index in [-0.39, 0.29) is 0 Å². The maximum Gasteiger partial charge on any atom is 0.163 e. The molecule has 20 heavy (non-hydrogen) atoms. The number of para-hydroxylation sites is 2. The first-order chi connectivity index (χ1) is 9.83. The van der Waals surface area contributed by atoms with Crippen molar-refractivity contribution in [2.45, 2.75) is 0 Å². The van der Waals surface area contributed by atoms with Crippen molar-refractivity contribution < 1.29 is 0 Å². The maximum atomic E-state index is 5.75. The van der Waals surface area contributed by atoms with Gasteiger partial charge in [-0.2, -0.15) is 0 Å². The Balaban J connectivity index is 2.11. The molecule has 0 aliphatic rings. The van der Waals surface area contributed by atoms with E-state index in [2.05, 4.69) is 9.38 Å². The molecule has 4 heteroatoms. The van der Waals surface area contributed by atoms with Gasteiger partial charge in [0.15, 0.2) is 5.65 Å². The fourth-order valence-electron chi connectivity index (χ4n) is 2.44. The van der Waals surface area contributed by atoms with Crippen molar-refractivity contribution in [2.24, 2.45) is 0 Å². The zero-order valence-corrected chi connectivity index (χ0v) is 10.7. The minimum atomic E-state index is 0.744. The lowest BCUT2D eigenvalue weighted by atomic mass is 10.1. The largest absolute Gasteiger partial charge is 0.399 e. The summed E-state index contributed by atoms with van der Waals surface area (Å²) in [5.41, 5.74) is 11.2.